The minimum atomic E-state index is -0.178. The van der Waals surface area contributed by atoms with Crippen molar-refractivity contribution in [3.63, 3.8) is 0 Å². The van der Waals surface area contributed by atoms with Crippen LogP contribution in [-0.4, -0.2) is 25.7 Å². The number of hydrogen-bond donors (Lipinski definition) is 1. The molecular weight excluding hydrogens is 358 g/mol. The number of aryl methyl sites for hydroxylation is 1. The SMILES string of the molecule is C[C@H](Sc1nncn1C)c1cccc(NC(=O)c2cccc(C3CC3)n2)c1. The predicted molar refractivity (Wildman–Crippen MR) is 106 cm³/mol. The maximum atomic E-state index is 12.6. The van der Waals surface area contributed by atoms with Gasteiger partial charge in [-0.15, -0.1) is 10.2 Å². The van der Waals surface area contributed by atoms with Crippen LogP contribution in [0.5, 0.6) is 0 Å². The zero-order valence-corrected chi connectivity index (χ0v) is 16.1. The number of carbonyl (C=O) groups excluding carboxylic acids is 1. The second kappa shape index (κ2) is 7.52. The molecule has 1 saturated carbocycles. The van der Waals surface area contributed by atoms with E-state index in [0.29, 0.717) is 11.6 Å². The molecule has 0 bridgehead atoms. The summed E-state index contributed by atoms with van der Waals surface area (Å²) in [5.74, 6) is 0.350. The predicted octanol–water partition coefficient (Wildman–Crippen LogP) is 4.19. The molecular formula is C20H21N5OS. The van der Waals surface area contributed by atoms with E-state index < -0.39 is 0 Å². The molecule has 0 saturated heterocycles. The summed E-state index contributed by atoms with van der Waals surface area (Å²) in [5, 5.41) is 12.0. The molecule has 0 unspecified atom stereocenters. The van der Waals surface area contributed by atoms with Crippen molar-refractivity contribution in [3.8, 4) is 0 Å². The van der Waals surface area contributed by atoms with Crippen LogP contribution in [0.2, 0.25) is 0 Å². The smallest absolute Gasteiger partial charge is 0.274 e. The van der Waals surface area contributed by atoms with E-state index >= 15 is 0 Å². The zero-order chi connectivity index (χ0) is 18.8. The number of nitrogens with one attached hydrogen (secondary N) is 1. The molecule has 1 amide bonds. The van der Waals surface area contributed by atoms with E-state index in [2.05, 4.69) is 33.5 Å². The van der Waals surface area contributed by atoms with Crippen LogP contribution in [0.4, 0.5) is 5.69 Å². The molecule has 1 fully saturated rings. The number of pyridine rings is 1. The summed E-state index contributed by atoms with van der Waals surface area (Å²) in [6.07, 6.45) is 4.02. The Bertz CT molecular complexity index is 966. The Morgan fingerprint density at radius 3 is 2.81 bits per heavy atom. The highest BCUT2D eigenvalue weighted by atomic mass is 32.2. The van der Waals surface area contributed by atoms with E-state index in [0.717, 1.165) is 22.1 Å². The number of aromatic nitrogens is 4. The van der Waals surface area contributed by atoms with Crippen molar-refractivity contribution in [1.82, 2.24) is 19.7 Å². The van der Waals surface area contributed by atoms with Crippen molar-refractivity contribution in [3.05, 3.63) is 65.7 Å². The van der Waals surface area contributed by atoms with E-state index in [9.17, 15) is 4.79 Å². The van der Waals surface area contributed by atoms with E-state index in [1.165, 1.54) is 12.8 Å². The average molecular weight is 379 g/mol. The molecule has 138 valence electrons. The number of nitrogens with zero attached hydrogens (tertiary/aromatic N) is 4. The van der Waals surface area contributed by atoms with Gasteiger partial charge in [0.05, 0.1) is 0 Å². The highest BCUT2D eigenvalue weighted by molar-refractivity contribution is 7.99. The van der Waals surface area contributed by atoms with Crippen molar-refractivity contribution >= 4 is 23.4 Å². The zero-order valence-electron chi connectivity index (χ0n) is 15.3. The van der Waals surface area contributed by atoms with Gasteiger partial charge in [-0.2, -0.15) is 0 Å². The van der Waals surface area contributed by atoms with E-state index in [4.69, 9.17) is 0 Å². The van der Waals surface area contributed by atoms with Gasteiger partial charge < -0.3 is 9.88 Å². The summed E-state index contributed by atoms with van der Waals surface area (Å²) < 4.78 is 1.89. The fraction of sp³-hybridized carbons (Fsp3) is 0.300. The Morgan fingerprint density at radius 2 is 2.07 bits per heavy atom. The summed E-state index contributed by atoms with van der Waals surface area (Å²) in [7, 11) is 1.93. The number of amides is 1. The van der Waals surface area contributed by atoms with Crippen molar-refractivity contribution < 1.29 is 4.79 Å². The maximum Gasteiger partial charge on any atom is 0.274 e. The van der Waals surface area contributed by atoms with Crippen LogP contribution in [0.3, 0.4) is 0 Å². The first-order valence-electron chi connectivity index (χ1n) is 8.99. The van der Waals surface area contributed by atoms with Gasteiger partial charge in [0, 0.05) is 29.6 Å². The fourth-order valence-corrected chi connectivity index (χ4v) is 3.76. The summed E-state index contributed by atoms with van der Waals surface area (Å²) in [6.45, 7) is 2.11. The van der Waals surface area contributed by atoms with Crippen LogP contribution in [0.25, 0.3) is 0 Å². The Labute approximate surface area is 162 Å². The Kier molecular flexibility index (Phi) is 4.94. The maximum absolute atomic E-state index is 12.6. The monoisotopic (exact) mass is 379 g/mol. The molecule has 3 aromatic rings. The van der Waals surface area contributed by atoms with Crippen LogP contribution in [-0.2, 0) is 7.05 Å². The lowest BCUT2D eigenvalue weighted by atomic mass is 10.1. The Balaban J connectivity index is 1.46. The summed E-state index contributed by atoms with van der Waals surface area (Å²) >= 11 is 1.63. The number of benzene rings is 1. The molecule has 27 heavy (non-hydrogen) atoms. The normalized spacial score (nSPS) is 14.7. The van der Waals surface area contributed by atoms with Gasteiger partial charge in [-0.05, 0) is 49.6 Å². The van der Waals surface area contributed by atoms with E-state index in [-0.39, 0.29) is 11.2 Å². The third-order valence-corrected chi connectivity index (χ3v) is 5.77. The first-order chi connectivity index (χ1) is 13.1. The summed E-state index contributed by atoms with van der Waals surface area (Å²) in [4.78, 5) is 17.1. The first kappa shape index (κ1) is 17.7. The van der Waals surface area contributed by atoms with Crippen molar-refractivity contribution in [2.75, 3.05) is 5.32 Å². The molecule has 2 aromatic heterocycles. The van der Waals surface area contributed by atoms with Crippen LogP contribution in [0, 0.1) is 0 Å². The van der Waals surface area contributed by atoms with E-state index in [1.54, 1.807) is 24.2 Å². The lowest BCUT2D eigenvalue weighted by molar-refractivity contribution is 0.102. The lowest BCUT2D eigenvalue weighted by Gasteiger charge is -2.13. The standard InChI is InChI=1S/C20H21N5OS/c1-13(27-20-24-21-12-25(20)2)15-5-3-6-16(11-15)22-19(26)18-8-4-7-17(23-18)14-9-10-14/h3-8,11-14H,9-10H2,1-2H3,(H,22,26)/t13-/m0/s1. The molecule has 7 heteroatoms. The molecule has 2 heterocycles. The van der Waals surface area contributed by atoms with Crippen molar-refractivity contribution in [2.24, 2.45) is 7.05 Å². The molecule has 1 atom stereocenters. The van der Waals surface area contributed by atoms with Crippen LogP contribution >= 0.6 is 11.8 Å². The number of hydrogen-bond acceptors (Lipinski definition) is 5. The molecule has 0 aliphatic heterocycles. The van der Waals surface area contributed by atoms with Gasteiger partial charge in [-0.1, -0.05) is 30.0 Å². The van der Waals surface area contributed by atoms with Crippen molar-refractivity contribution in [2.45, 2.75) is 36.1 Å². The summed E-state index contributed by atoms with van der Waals surface area (Å²) in [5.41, 5.74) is 3.36. The number of thioether (sulfide) groups is 1. The minimum absolute atomic E-state index is 0.178. The number of carbonyl (C=O) groups is 1. The second-order valence-corrected chi connectivity index (χ2v) is 8.09. The molecule has 0 radical (unpaired) electrons. The van der Waals surface area contributed by atoms with E-state index in [1.807, 2.05) is 41.9 Å². The van der Waals surface area contributed by atoms with Gasteiger partial charge >= 0.3 is 0 Å². The van der Waals surface area contributed by atoms with Gasteiger partial charge in [0.2, 0.25) is 0 Å². The average Bonchev–Trinajstić information content (AvgIpc) is 3.46. The highest BCUT2D eigenvalue weighted by Crippen LogP contribution is 2.39. The number of anilines is 1. The lowest BCUT2D eigenvalue weighted by Crippen LogP contribution is -2.14. The highest BCUT2D eigenvalue weighted by Gasteiger charge is 2.25. The van der Waals surface area contributed by atoms with Gasteiger partial charge in [0.15, 0.2) is 5.16 Å². The molecule has 1 aliphatic rings. The van der Waals surface area contributed by atoms with Gasteiger partial charge in [0.1, 0.15) is 12.0 Å². The Hall–Kier alpha value is -2.67. The van der Waals surface area contributed by atoms with Crippen LogP contribution in [0.1, 0.15) is 52.7 Å². The quantitative estimate of drug-likeness (QED) is 0.650. The van der Waals surface area contributed by atoms with Gasteiger partial charge in [-0.25, -0.2) is 4.98 Å². The molecule has 4 rings (SSSR count). The fourth-order valence-electron chi connectivity index (χ4n) is 2.85. The second-order valence-electron chi connectivity index (χ2n) is 6.79. The third-order valence-electron chi connectivity index (χ3n) is 4.56. The van der Waals surface area contributed by atoms with Crippen LogP contribution < -0.4 is 5.32 Å². The third kappa shape index (κ3) is 4.19. The first-order valence-corrected chi connectivity index (χ1v) is 9.87. The molecule has 6 nitrogen and oxygen atoms in total. The molecule has 1 N–H and O–H groups in total. The molecule has 1 aliphatic carbocycles. The molecule has 1 aromatic carbocycles. The minimum Gasteiger partial charge on any atom is -0.321 e. The Morgan fingerprint density at radius 1 is 1.26 bits per heavy atom. The molecule has 0 spiro atoms. The van der Waals surface area contributed by atoms with Crippen LogP contribution in [0.15, 0.2) is 53.9 Å². The van der Waals surface area contributed by atoms with Gasteiger partial charge in [-0.3, -0.25) is 4.79 Å². The van der Waals surface area contributed by atoms with Gasteiger partial charge in [0.25, 0.3) is 5.91 Å². The topological polar surface area (TPSA) is 72.7 Å². The largest absolute Gasteiger partial charge is 0.321 e. The summed E-state index contributed by atoms with van der Waals surface area (Å²) in [6, 6.07) is 13.6. The number of rotatable bonds is 6. The van der Waals surface area contributed by atoms with Crippen molar-refractivity contribution in [1.29, 1.82) is 0 Å².